The van der Waals surface area contributed by atoms with E-state index in [4.69, 9.17) is 4.74 Å². The number of ether oxygens (including phenoxy) is 1. The number of nitrogens with one attached hydrogen (secondary N) is 2. The van der Waals surface area contributed by atoms with E-state index in [2.05, 4.69) is 51.7 Å². The van der Waals surface area contributed by atoms with Crippen LogP contribution in [0.3, 0.4) is 0 Å². The third-order valence-electron chi connectivity index (χ3n) is 2.72. The molecular weight excluding hydrogens is 332 g/mol. The molecule has 0 spiro atoms. The van der Waals surface area contributed by atoms with Gasteiger partial charge in [-0.2, -0.15) is 0 Å². The van der Waals surface area contributed by atoms with Gasteiger partial charge in [-0.05, 0) is 57.9 Å². The molecule has 4 nitrogen and oxygen atoms in total. The molecule has 0 unspecified atom stereocenters. The molecule has 0 bridgehead atoms. The maximum absolute atomic E-state index is 11.4. The summed E-state index contributed by atoms with van der Waals surface area (Å²) in [5.41, 5.74) is 2.04. The molecule has 0 aliphatic carbocycles. The Hall–Kier alpha value is -1.07. The van der Waals surface area contributed by atoms with E-state index in [-0.39, 0.29) is 6.09 Å². The first-order valence-electron chi connectivity index (χ1n) is 7.20. The van der Waals surface area contributed by atoms with Crippen molar-refractivity contribution in [1.82, 2.24) is 10.6 Å². The van der Waals surface area contributed by atoms with Gasteiger partial charge in [-0.1, -0.05) is 28.1 Å². The number of hydrogen-bond donors (Lipinski definition) is 2. The van der Waals surface area contributed by atoms with Crippen LogP contribution < -0.4 is 10.6 Å². The van der Waals surface area contributed by atoms with Gasteiger partial charge in [0.15, 0.2) is 0 Å². The molecule has 0 saturated carbocycles. The van der Waals surface area contributed by atoms with Gasteiger partial charge in [0.05, 0.1) is 0 Å². The summed E-state index contributed by atoms with van der Waals surface area (Å²) < 4.78 is 6.29. The Bertz CT molecular complexity index is 470. The van der Waals surface area contributed by atoms with Crippen LogP contribution in [-0.4, -0.2) is 24.8 Å². The van der Waals surface area contributed by atoms with Crippen LogP contribution in [0.2, 0.25) is 0 Å². The summed E-state index contributed by atoms with van der Waals surface area (Å²) in [6.07, 6.45) is 0.506. The first kappa shape index (κ1) is 18.0. The highest BCUT2D eigenvalue weighted by Gasteiger charge is 2.15. The lowest BCUT2D eigenvalue weighted by Crippen LogP contribution is -2.33. The Morgan fingerprint density at radius 1 is 1.29 bits per heavy atom. The molecular formula is C16H25BrN2O2. The number of benzene rings is 1. The molecule has 0 radical (unpaired) electrons. The smallest absolute Gasteiger partial charge is 0.407 e. The van der Waals surface area contributed by atoms with E-state index in [1.807, 2.05) is 20.8 Å². The molecule has 1 aromatic carbocycles. The van der Waals surface area contributed by atoms with E-state index in [1.165, 1.54) is 11.1 Å². The van der Waals surface area contributed by atoms with Crippen molar-refractivity contribution in [2.75, 3.05) is 13.1 Å². The fourth-order valence-electron chi connectivity index (χ4n) is 1.74. The third kappa shape index (κ3) is 8.07. The molecule has 118 valence electrons. The van der Waals surface area contributed by atoms with Crippen LogP contribution >= 0.6 is 15.9 Å². The normalized spacial score (nSPS) is 11.3. The van der Waals surface area contributed by atoms with Crippen LogP contribution in [0.1, 0.15) is 38.3 Å². The average molecular weight is 357 g/mol. The van der Waals surface area contributed by atoms with E-state index in [0.29, 0.717) is 6.54 Å². The van der Waals surface area contributed by atoms with Crippen molar-refractivity contribution in [3.8, 4) is 0 Å². The Morgan fingerprint density at radius 2 is 2.00 bits per heavy atom. The molecule has 0 aromatic heterocycles. The van der Waals surface area contributed by atoms with E-state index in [9.17, 15) is 4.79 Å². The van der Waals surface area contributed by atoms with Crippen molar-refractivity contribution in [3.63, 3.8) is 0 Å². The lowest BCUT2D eigenvalue weighted by molar-refractivity contribution is 0.0527. The zero-order chi connectivity index (χ0) is 15.9. The van der Waals surface area contributed by atoms with E-state index < -0.39 is 5.60 Å². The molecule has 0 saturated heterocycles. The van der Waals surface area contributed by atoms with E-state index in [0.717, 1.165) is 24.0 Å². The second-order valence-corrected chi connectivity index (χ2v) is 6.91. The van der Waals surface area contributed by atoms with Crippen molar-refractivity contribution in [1.29, 1.82) is 0 Å². The van der Waals surface area contributed by atoms with Gasteiger partial charge in [-0.25, -0.2) is 4.79 Å². The second kappa shape index (κ2) is 8.39. The first-order valence-corrected chi connectivity index (χ1v) is 8.00. The van der Waals surface area contributed by atoms with Gasteiger partial charge in [-0.15, -0.1) is 0 Å². The summed E-state index contributed by atoms with van der Waals surface area (Å²) in [5, 5.41) is 6.11. The molecule has 2 N–H and O–H groups in total. The Kier molecular flexibility index (Phi) is 7.18. The van der Waals surface area contributed by atoms with Gasteiger partial charge >= 0.3 is 6.09 Å². The van der Waals surface area contributed by atoms with Crippen molar-refractivity contribution in [3.05, 3.63) is 33.8 Å². The van der Waals surface area contributed by atoms with Gasteiger partial charge in [0.25, 0.3) is 0 Å². The lowest BCUT2D eigenvalue weighted by Gasteiger charge is -2.19. The molecule has 0 atom stereocenters. The molecule has 0 aliphatic rings. The average Bonchev–Trinajstić information content (AvgIpc) is 2.33. The number of aryl methyl sites for hydroxylation is 1. The Balaban J connectivity index is 2.13. The zero-order valence-electron chi connectivity index (χ0n) is 13.3. The van der Waals surface area contributed by atoms with Gasteiger partial charge in [0.1, 0.15) is 5.60 Å². The van der Waals surface area contributed by atoms with Crippen LogP contribution in [0, 0.1) is 6.92 Å². The summed E-state index contributed by atoms with van der Waals surface area (Å²) in [4.78, 5) is 11.4. The number of hydrogen-bond acceptors (Lipinski definition) is 3. The highest BCUT2D eigenvalue weighted by Crippen LogP contribution is 2.17. The molecule has 1 rings (SSSR count). The Morgan fingerprint density at radius 3 is 2.62 bits per heavy atom. The standard InChI is InChI=1S/C16H25BrN2O2/c1-12-6-7-13(14(17)10-12)11-18-8-5-9-19-15(20)21-16(2,3)4/h6-7,10,18H,5,8-9,11H2,1-4H3,(H,19,20). The van der Waals surface area contributed by atoms with Crippen molar-refractivity contribution in [2.24, 2.45) is 0 Å². The number of rotatable bonds is 6. The molecule has 1 aromatic rings. The molecule has 5 heteroatoms. The van der Waals surface area contributed by atoms with Crippen molar-refractivity contribution in [2.45, 2.75) is 46.3 Å². The van der Waals surface area contributed by atoms with Crippen molar-refractivity contribution < 1.29 is 9.53 Å². The predicted octanol–water partition coefficient (Wildman–Crippen LogP) is 3.76. The zero-order valence-corrected chi connectivity index (χ0v) is 14.8. The first-order chi connectivity index (χ1) is 9.78. The minimum atomic E-state index is -0.444. The minimum Gasteiger partial charge on any atom is -0.444 e. The minimum absolute atomic E-state index is 0.358. The number of carbonyl (C=O) groups excluding carboxylic acids is 1. The van der Waals surface area contributed by atoms with E-state index in [1.54, 1.807) is 0 Å². The highest BCUT2D eigenvalue weighted by atomic mass is 79.9. The molecule has 0 aliphatic heterocycles. The maximum Gasteiger partial charge on any atom is 0.407 e. The monoisotopic (exact) mass is 356 g/mol. The maximum atomic E-state index is 11.4. The lowest BCUT2D eigenvalue weighted by atomic mass is 10.1. The van der Waals surface area contributed by atoms with Gasteiger partial charge in [0, 0.05) is 17.6 Å². The quantitative estimate of drug-likeness (QED) is 0.762. The SMILES string of the molecule is Cc1ccc(CNCCCNC(=O)OC(C)(C)C)c(Br)c1. The summed E-state index contributed by atoms with van der Waals surface area (Å²) in [7, 11) is 0. The fraction of sp³-hybridized carbons (Fsp3) is 0.562. The van der Waals surface area contributed by atoms with Crippen LogP contribution in [-0.2, 0) is 11.3 Å². The summed E-state index contributed by atoms with van der Waals surface area (Å²) >= 11 is 3.56. The van der Waals surface area contributed by atoms with Crippen LogP contribution in [0.25, 0.3) is 0 Å². The fourth-order valence-corrected chi connectivity index (χ4v) is 2.37. The highest BCUT2D eigenvalue weighted by molar-refractivity contribution is 9.10. The van der Waals surface area contributed by atoms with E-state index >= 15 is 0 Å². The van der Waals surface area contributed by atoms with Gasteiger partial charge in [-0.3, -0.25) is 0 Å². The van der Waals surface area contributed by atoms with Gasteiger partial charge in [0.2, 0.25) is 0 Å². The molecule has 1 amide bonds. The summed E-state index contributed by atoms with van der Waals surface area (Å²) in [5.74, 6) is 0. The number of amides is 1. The van der Waals surface area contributed by atoms with Gasteiger partial charge < -0.3 is 15.4 Å². The second-order valence-electron chi connectivity index (χ2n) is 6.05. The van der Waals surface area contributed by atoms with Crippen LogP contribution in [0.15, 0.2) is 22.7 Å². The predicted molar refractivity (Wildman–Crippen MR) is 89.4 cm³/mol. The number of halogens is 1. The number of alkyl carbamates (subject to hydrolysis) is 1. The molecule has 0 heterocycles. The largest absolute Gasteiger partial charge is 0.444 e. The Labute approximate surface area is 135 Å². The summed E-state index contributed by atoms with van der Waals surface area (Å²) in [6.45, 7) is 9.90. The van der Waals surface area contributed by atoms with Crippen LogP contribution in [0.4, 0.5) is 4.79 Å². The number of carbonyl (C=O) groups is 1. The topological polar surface area (TPSA) is 50.4 Å². The summed E-state index contributed by atoms with van der Waals surface area (Å²) in [6, 6.07) is 6.33. The van der Waals surface area contributed by atoms with Crippen LogP contribution in [0.5, 0.6) is 0 Å². The molecule has 0 fully saturated rings. The van der Waals surface area contributed by atoms with Crippen molar-refractivity contribution >= 4 is 22.0 Å². The third-order valence-corrected chi connectivity index (χ3v) is 3.46. The molecule has 21 heavy (non-hydrogen) atoms.